The fraction of sp³-hybridized carbons (Fsp3) is 0.267. The Morgan fingerprint density at radius 1 is 1.33 bits per heavy atom. The van der Waals surface area contributed by atoms with Crippen LogP contribution in [0.15, 0.2) is 46.3 Å². The summed E-state index contributed by atoms with van der Waals surface area (Å²) in [6.45, 7) is 2.42. The summed E-state index contributed by atoms with van der Waals surface area (Å²) in [6, 6.07) is 11.3. The summed E-state index contributed by atoms with van der Waals surface area (Å²) in [4.78, 5) is 30.2. The predicted molar refractivity (Wildman–Crippen MR) is 83.2 cm³/mol. The molecular formula is C15H17N3O2S. The van der Waals surface area contributed by atoms with Crippen LogP contribution in [0, 0.1) is 0 Å². The Hall–Kier alpha value is -2.08. The zero-order valence-corrected chi connectivity index (χ0v) is 12.6. The minimum atomic E-state index is -0.236. The molecule has 0 bridgehead atoms. The molecule has 0 aliphatic heterocycles. The van der Waals surface area contributed by atoms with Crippen molar-refractivity contribution >= 4 is 17.7 Å². The van der Waals surface area contributed by atoms with E-state index in [1.165, 1.54) is 17.8 Å². The van der Waals surface area contributed by atoms with Crippen molar-refractivity contribution in [2.24, 2.45) is 0 Å². The normalized spacial score (nSPS) is 10.3. The van der Waals surface area contributed by atoms with Gasteiger partial charge in [-0.2, -0.15) is 0 Å². The van der Waals surface area contributed by atoms with E-state index in [1.54, 1.807) is 0 Å². The molecule has 5 nitrogen and oxygen atoms in total. The van der Waals surface area contributed by atoms with Gasteiger partial charge in [0, 0.05) is 18.4 Å². The van der Waals surface area contributed by atoms with Gasteiger partial charge >= 0.3 is 0 Å². The van der Waals surface area contributed by atoms with E-state index in [2.05, 4.69) is 15.3 Å². The highest BCUT2D eigenvalue weighted by atomic mass is 32.2. The van der Waals surface area contributed by atoms with Gasteiger partial charge in [-0.1, -0.05) is 42.1 Å². The zero-order valence-electron chi connectivity index (χ0n) is 11.8. The van der Waals surface area contributed by atoms with Crippen LogP contribution in [0.2, 0.25) is 0 Å². The summed E-state index contributed by atoms with van der Waals surface area (Å²) in [5.74, 6) is 0.587. The van der Waals surface area contributed by atoms with Gasteiger partial charge in [-0.15, -0.1) is 0 Å². The van der Waals surface area contributed by atoms with Crippen LogP contribution in [0.1, 0.15) is 18.2 Å². The molecule has 0 radical (unpaired) electrons. The fourth-order valence-corrected chi connectivity index (χ4v) is 2.64. The Labute approximate surface area is 127 Å². The molecule has 1 aromatic heterocycles. The van der Waals surface area contributed by atoms with Crippen LogP contribution in [-0.2, 0) is 17.0 Å². The van der Waals surface area contributed by atoms with E-state index >= 15 is 0 Å². The lowest BCUT2D eigenvalue weighted by Crippen LogP contribution is -2.25. The van der Waals surface area contributed by atoms with E-state index in [0.717, 1.165) is 5.56 Å². The van der Waals surface area contributed by atoms with E-state index in [4.69, 9.17) is 0 Å². The fourth-order valence-electron chi connectivity index (χ4n) is 1.79. The molecule has 110 valence electrons. The summed E-state index contributed by atoms with van der Waals surface area (Å²) in [5, 5.41) is 3.23. The third kappa shape index (κ3) is 5.07. The van der Waals surface area contributed by atoms with Crippen molar-refractivity contribution in [3.05, 3.63) is 58.0 Å². The first-order chi connectivity index (χ1) is 10.2. The molecule has 0 aliphatic carbocycles. The number of nitrogens with zero attached hydrogens (tertiary/aromatic N) is 1. The number of carbonyl (C=O) groups excluding carboxylic acids is 1. The third-order valence-electron chi connectivity index (χ3n) is 2.71. The molecule has 1 heterocycles. The maximum Gasteiger partial charge on any atom is 0.251 e. The Kier molecular flexibility index (Phi) is 5.57. The molecule has 0 saturated heterocycles. The molecule has 0 fully saturated rings. The predicted octanol–water partition coefficient (Wildman–Crippen LogP) is 1.74. The molecule has 6 heteroatoms. The summed E-state index contributed by atoms with van der Waals surface area (Å²) < 4.78 is 0. The Morgan fingerprint density at radius 2 is 2.10 bits per heavy atom. The van der Waals surface area contributed by atoms with Crippen LogP contribution in [0.4, 0.5) is 0 Å². The number of thioether (sulfide) groups is 1. The lowest BCUT2D eigenvalue weighted by molar-refractivity contribution is -0.120. The first kappa shape index (κ1) is 15.3. The first-order valence-corrected chi connectivity index (χ1v) is 7.69. The van der Waals surface area contributed by atoms with Gasteiger partial charge in [-0.3, -0.25) is 9.59 Å². The van der Waals surface area contributed by atoms with Crippen molar-refractivity contribution in [2.45, 2.75) is 24.3 Å². The second-order valence-corrected chi connectivity index (χ2v) is 5.41. The smallest absolute Gasteiger partial charge is 0.251 e. The van der Waals surface area contributed by atoms with Crippen LogP contribution >= 0.6 is 11.8 Å². The van der Waals surface area contributed by atoms with E-state index in [0.29, 0.717) is 23.1 Å². The summed E-state index contributed by atoms with van der Waals surface area (Å²) in [7, 11) is 0. The first-order valence-electron chi connectivity index (χ1n) is 6.71. The number of carbonyl (C=O) groups is 1. The second kappa shape index (κ2) is 7.64. The number of likely N-dealkylation sites (N-methyl/N-ethyl adjacent to an activating group) is 1. The van der Waals surface area contributed by atoms with Crippen LogP contribution in [0.3, 0.4) is 0 Å². The topological polar surface area (TPSA) is 74.8 Å². The van der Waals surface area contributed by atoms with Crippen LogP contribution in [0.5, 0.6) is 0 Å². The van der Waals surface area contributed by atoms with Gasteiger partial charge < -0.3 is 10.3 Å². The molecule has 0 saturated carbocycles. The van der Waals surface area contributed by atoms with E-state index in [9.17, 15) is 9.59 Å². The minimum absolute atomic E-state index is 0.122. The average molecular weight is 303 g/mol. The molecule has 2 N–H and O–H groups in total. The summed E-state index contributed by atoms with van der Waals surface area (Å²) in [6.07, 6.45) is 0.122. The van der Waals surface area contributed by atoms with Gasteiger partial charge in [0.25, 0.3) is 5.56 Å². The highest BCUT2D eigenvalue weighted by molar-refractivity contribution is 7.98. The Balaban J connectivity index is 2.04. The number of rotatable bonds is 6. The lowest BCUT2D eigenvalue weighted by Gasteiger charge is -2.05. The quantitative estimate of drug-likeness (QED) is 0.629. The van der Waals surface area contributed by atoms with Crippen LogP contribution in [0.25, 0.3) is 0 Å². The highest BCUT2D eigenvalue weighted by Crippen LogP contribution is 2.18. The molecular weight excluding hydrogens is 286 g/mol. The van der Waals surface area contributed by atoms with E-state index in [-0.39, 0.29) is 17.9 Å². The SMILES string of the molecule is CCNC(=O)Cc1cc(=O)[nH]c(SCc2ccccc2)n1. The number of aromatic nitrogens is 2. The van der Waals surface area contributed by atoms with Crippen molar-refractivity contribution in [3.8, 4) is 0 Å². The average Bonchev–Trinajstić information content (AvgIpc) is 2.46. The van der Waals surface area contributed by atoms with Crippen molar-refractivity contribution in [2.75, 3.05) is 6.54 Å². The number of amides is 1. The molecule has 0 atom stereocenters. The summed E-state index contributed by atoms with van der Waals surface area (Å²) in [5.41, 5.74) is 1.40. The number of hydrogen-bond donors (Lipinski definition) is 2. The maximum atomic E-state index is 11.6. The van der Waals surface area contributed by atoms with Gasteiger partial charge in [-0.05, 0) is 12.5 Å². The third-order valence-corrected chi connectivity index (χ3v) is 3.65. The van der Waals surface area contributed by atoms with Gasteiger partial charge in [0.15, 0.2) is 5.16 Å². The van der Waals surface area contributed by atoms with E-state index < -0.39 is 0 Å². The van der Waals surface area contributed by atoms with Crippen LogP contribution in [-0.4, -0.2) is 22.4 Å². The number of nitrogens with one attached hydrogen (secondary N) is 2. The monoisotopic (exact) mass is 303 g/mol. The number of hydrogen-bond acceptors (Lipinski definition) is 4. The molecule has 0 spiro atoms. The molecule has 0 unspecified atom stereocenters. The molecule has 1 amide bonds. The largest absolute Gasteiger partial charge is 0.356 e. The van der Waals surface area contributed by atoms with Crippen molar-refractivity contribution in [3.63, 3.8) is 0 Å². The Bertz CT molecular complexity index is 655. The lowest BCUT2D eigenvalue weighted by atomic mass is 10.2. The number of H-pyrrole nitrogens is 1. The summed E-state index contributed by atoms with van der Waals surface area (Å²) >= 11 is 1.44. The zero-order chi connectivity index (χ0) is 15.1. The minimum Gasteiger partial charge on any atom is -0.356 e. The van der Waals surface area contributed by atoms with Gasteiger partial charge in [0.2, 0.25) is 5.91 Å². The second-order valence-electron chi connectivity index (χ2n) is 4.45. The molecule has 2 rings (SSSR count). The molecule has 21 heavy (non-hydrogen) atoms. The number of benzene rings is 1. The van der Waals surface area contributed by atoms with Gasteiger partial charge in [-0.25, -0.2) is 4.98 Å². The standard InChI is InChI=1S/C15H17N3O2S/c1-2-16-13(19)8-12-9-14(20)18-15(17-12)21-10-11-6-4-3-5-7-11/h3-7,9H,2,8,10H2,1H3,(H,16,19)(H,17,18,20). The highest BCUT2D eigenvalue weighted by Gasteiger charge is 2.07. The van der Waals surface area contributed by atoms with Gasteiger partial charge in [0.05, 0.1) is 12.1 Å². The van der Waals surface area contributed by atoms with Crippen molar-refractivity contribution in [1.29, 1.82) is 0 Å². The maximum absolute atomic E-state index is 11.6. The molecule has 2 aromatic rings. The Morgan fingerprint density at radius 3 is 2.81 bits per heavy atom. The van der Waals surface area contributed by atoms with Crippen LogP contribution < -0.4 is 10.9 Å². The van der Waals surface area contributed by atoms with Crippen molar-refractivity contribution in [1.82, 2.24) is 15.3 Å². The van der Waals surface area contributed by atoms with E-state index in [1.807, 2.05) is 37.3 Å². The van der Waals surface area contributed by atoms with Gasteiger partial charge in [0.1, 0.15) is 0 Å². The number of aromatic amines is 1. The molecule has 1 aromatic carbocycles. The molecule has 0 aliphatic rings. The van der Waals surface area contributed by atoms with Crippen molar-refractivity contribution < 1.29 is 4.79 Å².